The third kappa shape index (κ3) is 5.69. The second kappa shape index (κ2) is 10.2. The van der Waals surface area contributed by atoms with E-state index in [0.717, 1.165) is 24.0 Å². The fourth-order valence-corrected chi connectivity index (χ4v) is 3.37. The summed E-state index contributed by atoms with van der Waals surface area (Å²) in [6.07, 6.45) is 0.878. The standard InChI is InChI=1S/C23H25ClN4O3/c1-28(2)7-4-8-31-22-12-20-16(10-19(22)24)9-17(23(29)27-20)14-26-18-6-5-15(13-25)21(11-18)30-3/h5-6,9-12,26H,4,7-8,14H2,1-3H3,(H,27,29). The average molecular weight is 441 g/mol. The van der Waals surface area contributed by atoms with E-state index in [-0.39, 0.29) is 5.56 Å². The van der Waals surface area contributed by atoms with Crippen molar-refractivity contribution in [3.05, 3.63) is 62.9 Å². The molecule has 0 unspecified atom stereocenters. The Bertz CT molecular complexity index is 1170. The predicted octanol–water partition coefficient (Wildman–Crippen LogP) is 4.00. The molecule has 3 aromatic rings. The van der Waals surface area contributed by atoms with Crippen LogP contribution in [-0.2, 0) is 6.54 Å². The van der Waals surface area contributed by atoms with Crippen LogP contribution in [0.25, 0.3) is 10.9 Å². The van der Waals surface area contributed by atoms with Gasteiger partial charge in [-0.25, -0.2) is 0 Å². The number of anilines is 1. The van der Waals surface area contributed by atoms with Gasteiger partial charge in [0.1, 0.15) is 17.6 Å². The fraction of sp³-hybridized carbons (Fsp3) is 0.304. The molecule has 0 aliphatic heterocycles. The van der Waals surface area contributed by atoms with E-state index in [9.17, 15) is 4.79 Å². The van der Waals surface area contributed by atoms with E-state index in [0.29, 0.717) is 46.3 Å². The number of benzene rings is 2. The summed E-state index contributed by atoms with van der Waals surface area (Å²) in [5, 5.41) is 13.6. The van der Waals surface area contributed by atoms with Crippen LogP contribution in [0, 0.1) is 11.3 Å². The minimum atomic E-state index is -0.193. The number of hydrogen-bond donors (Lipinski definition) is 2. The lowest BCUT2D eigenvalue weighted by Crippen LogP contribution is -2.16. The number of halogens is 1. The quantitative estimate of drug-likeness (QED) is 0.489. The number of methoxy groups -OCH3 is 1. The number of nitriles is 1. The molecular weight excluding hydrogens is 416 g/mol. The monoisotopic (exact) mass is 440 g/mol. The van der Waals surface area contributed by atoms with E-state index in [2.05, 4.69) is 21.3 Å². The van der Waals surface area contributed by atoms with Crippen LogP contribution in [0.5, 0.6) is 11.5 Å². The van der Waals surface area contributed by atoms with Crippen molar-refractivity contribution in [2.24, 2.45) is 0 Å². The second-order valence-electron chi connectivity index (χ2n) is 7.38. The van der Waals surface area contributed by atoms with Gasteiger partial charge in [0.25, 0.3) is 5.56 Å². The van der Waals surface area contributed by atoms with Gasteiger partial charge in [0.2, 0.25) is 0 Å². The second-order valence-corrected chi connectivity index (χ2v) is 7.79. The Kier molecular flexibility index (Phi) is 7.40. The SMILES string of the molecule is COc1cc(NCc2cc3cc(Cl)c(OCCCN(C)C)cc3[nH]c2=O)ccc1C#N. The van der Waals surface area contributed by atoms with Crippen molar-refractivity contribution in [3.8, 4) is 17.6 Å². The number of pyridine rings is 1. The van der Waals surface area contributed by atoms with Gasteiger partial charge in [-0.2, -0.15) is 5.26 Å². The van der Waals surface area contributed by atoms with Crippen LogP contribution in [0.2, 0.25) is 5.02 Å². The molecule has 31 heavy (non-hydrogen) atoms. The molecule has 0 atom stereocenters. The molecule has 0 aliphatic rings. The maximum atomic E-state index is 12.6. The Labute approximate surface area is 186 Å². The van der Waals surface area contributed by atoms with E-state index >= 15 is 0 Å². The smallest absolute Gasteiger partial charge is 0.253 e. The number of aromatic amines is 1. The summed E-state index contributed by atoms with van der Waals surface area (Å²) in [5.41, 5.74) is 2.23. The first kappa shape index (κ1) is 22.5. The van der Waals surface area contributed by atoms with E-state index in [4.69, 9.17) is 26.3 Å². The van der Waals surface area contributed by atoms with Crippen molar-refractivity contribution in [1.82, 2.24) is 9.88 Å². The summed E-state index contributed by atoms with van der Waals surface area (Å²) < 4.78 is 11.0. The Hall–Kier alpha value is -3.21. The molecule has 0 spiro atoms. The molecule has 162 valence electrons. The zero-order valence-electron chi connectivity index (χ0n) is 17.8. The molecule has 3 rings (SSSR count). The molecular formula is C23H25ClN4O3. The highest BCUT2D eigenvalue weighted by atomic mass is 35.5. The molecule has 0 saturated carbocycles. The number of rotatable bonds is 9. The minimum absolute atomic E-state index is 0.193. The van der Waals surface area contributed by atoms with Crippen LogP contribution >= 0.6 is 11.6 Å². The summed E-state index contributed by atoms with van der Waals surface area (Å²) in [6.45, 7) is 1.77. The number of ether oxygens (including phenoxy) is 2. The third-order valence-electron chi connectivity index (χ3n) is 4.79. The van der Waals surface area contributed by atoms with Crippen LogP contribution < -0.4 is 20.3 Å². The summed E-state index contributed by atoms with van der Waals surface area (Å²) in [5.74, 6) is 1.03. The van der Waals surface area contributed by atoms with Crippen LogP contribution in [0.1, 0.15) is 17.5 Å². The molecule has 0 amide bonds. The van der Waals surface area contributed by atoms with Crippen LogP contribution in [0.3, 0.4) is 0 Å². The maximum absolute atomic E-state index is 12.6. The highest BCUT2D eigenvalue weighted by Gasteiger charge is 2.10. The number of nitrogens with zero attached hydrogens (tertiary/aromatic N) is 2. The number of fused-ring (bicyclic) bond motifs is 1. The first-order valence-electron chi connectivity index (χ1n) is 9.86. The number of nitrogens with one attached hydrogen (secondary N) is 2. The maximum Gasteiger partial charge on any atom is 0.253 e. The highest BCUT2D eigenvalue weighted by Crippen LogP contribution is 2.29. The topological polar surface area (TPSA) is 90.4 Å². The lowest BCUT2D eigenvalue weighted by atomic mass is 10.1. The Morgan fingerprint density at radius 3 is 2.71 bits per heavy atom. The Balaban J connectivity index is 1.75. The van der Waals surface area contributed by atoms with Gasteiger partial charge in [-0.05, 0) is 44.8 Å². The van der Waals surface area contributed by atoms with Crippen molar-refractivity contribution in [1.29, 1.82) is 5.26 Å². The van der Waals surface area contributed by atoms with E-state index in [1.54, 1.807) is 30.3 Å². The molecule has 0 radical (unpaired) electrons. The first-order valence-corrected chi connectivity index (χ1v) is 10.2. The molecule has 1 heterocycles. The number of hydrogen-bond acceptors (Lipinski definition) is 6. The third-order valence-corrected chi connectivity index (χ3v) is 5.08. The lowest BCUT2D eigenvalue weighted by Gasteiger charge is -2.13. The minimum Gasteiger partial charge on any atom is -0.495 e. The van der Waals surface area contributed by atoms with Crippen LogP contribution in [0.15, 0.2) is 41.2 Å². The van der Waals surface area contributed by atoms with Crippen molar-refractivity contribution in [2.45, 2.75) is 13.0 Å². The Morgan fingerprint density at radius 2 is 2.00 bits per heavy atom. The molecule has 0 saturated heterocycles. The molecule has 8 heteroatoms. The Morgan fingerprint density at radius 1 is 1.19 bits per heavy atom. The zero-order valence-corrected chi connectivity index (χ0v) is 18.5. The zero-order chi connectivity index (χ0) is 22.4. The van der Waals surface area contributed by atoms with Crippen molar-refractivity contribution < 1.29 is 9.47 Å². The normalized spacial score (nSPS) is 10.8. The van der Waals surface area contributed by atoms with Gasteiger partial charge in [0, 0.05) is 41.9 Å². The molecule has 0 bridgehead atoms. The molecule has 0 aliphatic carbocycles. The van der Waals surface area contributed by atoms with Gasteiger partial charge in [0.05, 0.1) is 29.8 Å². The average Bonchev–Trinajstić information content (AvgIpc) is 2.75. The molecule has 0 fully saturated rings. The van der Waals surface area contributed by atoms with Crippen molar-refractivity contribution >= 4 is 28.2 Å². The summed E-state index contributed by atoms with van der Waals surface area (Å²) in [7, 11) is 5.54. The highest BCUT2D eigenvalue weighted by molar-refractivity contribution is 6.32. The summed E-state index contributed by atoms with van der Waals surface area (Å²) >= 11 is 6.39. The van der Waals surface area contributed by atoms with Gasteiger partial charge in [-0.15, -0.1) is 0 Å². The van der Waals surface area contributed by atoms with Gasteiger partial charge in [-0.1, -0.05) is 11.6 Å². The van der Waals surface area contributed by atoms with Gasteiger partial charge >= 0.3 is 0 Å². The molecule has 1 aromatic heterocycles. The van der Waals surface area contributed by atoms with E-state index in [1.807, 2.05) is 20.2 Å². The van der Waals surface area contributed by atoms with E-state index in [1.165, 1.54) is 7.11 Å². The van der Waals surface area contributed by atoms with Gasteiger partial charge < -0.3 is 24.7 Å². The number of H-pyrrole nitrogens is 1. The lowest BCUT2D eigenvalue weighted by molar-refractivity contribution is 0.282. The predicted molar refractivity (Wildman–Crippen MR) is 123 cm³/mol. The number of aromatic nitrogens is 1. The van der Waals surface area contributed by atoms with Crippen LogP contribution in [-0.4, -0.2) is 44.2 Å². The first-order chi connectivity index (χ1) is 14.9. The van der Waals surface area contributed by atoms with Crippen LogP contribution in [0.4, 0.5) is 5.69 Å². The molecule has 7 nitrogen and oxygen atoms in total. The van der Waals surface area contributed by atoms with Gasteiger partial charge in [0.15, 0.2) is 0 Å². The van der Waals surface area contributed by atoms with Crippen molar-refractivity contribution in [3.63, 3.8) is 0 Å². The fourth-order valence-electron chi connectivity index (χ4n) is 3.15. The largest absolute Gasteiger partial charge is 0.495 e. The summed E-state index contributed by atoms with van der Waals surface area (Å²) in [6, 6.07) is 12.6. The van der Waals surface area contributed by atoms with E-state index < -0.39 is 0 Å². The van der Waals surface area contributed by atoms with Crippen molar-refractivity contribution in [2.75, 3.05) is 39.7 Å². The molecule has 2 aromatic carbocycles. The van der Waals surface area contributed by atoms with Gasteiger partial charge in [-0.3, -0.25) is 4.79 Å². The summed E-state index contributed by atoms with van der Waals surface area (Å²) in [4.78, 5) is 17.6. The molecule has 2 N–H and O–H groups in total.